The third-order valence-corrected chi connectivity index (χ3v) is 1.55. The van der Waals surface area contributed by atoms with E-state index < -0.39 is 5.97 Å². The van der Waals surface area contributed by atoms with Gasteiger partial charge in [-0.25, -0.2) is 4.79 Å². The maximum absolute atomic E-state index is 10.3. The van der Waals surface area contributed by atoms with Crippen LogP contribution in [0.3, 0.4) is 0 Å². The van der Waals surface area contributed by atoms with E-state index in [0.717, 1.165) is 6.08 Å². The molecule has 0 aliphatic heterocycles. The molecule has 0 radical (unpaired) electrons. The Balaban J connectivity index is 2.81. The molecule has 1 aromatic rings. The molecule has 15 heavy (non-hydrogen) atoms. The first-order valence-electron chi connectivity index (χ1n) is 4.21. The molecule has 5 heteroatoms. The van der Waals surface area contributed by atoms with Crippen molar-refractivity contribution in [2.45, 2.75) is 0 Å². The second-order valence-corrected chi connectivity index (χ2v) is 2.64. The molecule has 0 spiro atoms. The number of aliphatic carboxylic acids is 1. The fraction of sp³-hybridized carbons (Fsp3) is 0.200. The minimum atomic E-state index is -1.01. The van der Waals surface area contributed by atoms with Crippen LogP contribution >= 0.6 is 0 Å². The molecule has 80 valence electrons. The summed E-state index contributed by atoms with van der Waals surface area (Å²) in [6, 6.07) is 1.66. The highest BCUT2D eigenvalue weighted by molar-refractivity contribution is 5.85. The summed E-state index contributed by atoms with van der Waals surface area (Å²) in [5, 5.41) is 8.47. The Labute approximate surface area is 87.0 Å². The lowest BCUT2D eigenvalue weighted by Crippen LogP contribution is -2.00. The summed E-state index contributed by atoms with van der Waals surface area (Å²) in [4.78, 5) is 14.2. The number of pyridine rings is 1. The van der Waals surface area contributed by atoms with Gasteiger partial charge in [-0.15, -0.1) is 0 Å². The van der Waals surface area contributed by atoms with Gasteiger partial charge in [-0.1, -0.05) is 0 Å². The van der Waals surface area contributed by atoms with Gasteiger partial charge in [0.1, 0.15) is 5.75 Å². The van der Waals surface area contributed by atoms with Crippen LogP contribution < -0.4 is 4.74 Å². The zero-order valence-corrected chi connectivity index (χ0v) is 8.21. The van der Waals surface area contributed by atoms with Crippen LogP contribution in [-0.4, -0.2) is 30.0 Å². The van der Waals surface area contributed by atoms with Gasteiger partial charge in [-0.05, 0) is 12.1 Å². The normalized spacial score (nSPS) is 10.5. The van der Waals surface area contributed by atoms with E-state index in [9.17, 15) is 4.79 Å². The molecule has 0 saturated heterocycles. The highest BCUT2D eigenvalue weighted by atomic mass is 16.7. The highest BCUT2D eigenvalue weighted by Gasteiger charge is 2.00. The van der Waals surface area contributed by atoms with Crippen molar-refractivity contribution in [2.75, 3.05) is 13.9 Å². The number of hydrogen-bond donors (Lipinski definition) is 1. The average molecular weight is 209 g/mol. The van der Waals surface area contributed by atoms with E-state index in [4.69, 9.17) is 14.6 Å². The molecule has 1 aromatic heterocycles. The predicted molar refractivity (Wildman–Crippen MR) is 53.4 cm³/mol. The van der Waals surface area contributed by atoms with Crippen molar-refractivity contribution >= 4 is 12.0 Å². The highest BCUT2D eigenvalue weighted by Crippen LogP contribution is 2.17. The Morgan fingerprint density at radius 2 is 2.47 bits per heavy atom. The number of carboxylic acid groups (broad SMARTS) is 1. The first-order valence-corrected chi connectivity index (χ1v) is 4.21. The van der Waals surface area contributed by atoms with Crippen LogP contribution in [0.15, 0.2) is 24.5 Å². The molecule has 0 aromatic carbocycles. The van der Waals surface area contributed by atoms with Crippen LogP contribution in [0.2, 0.25) is 0 Å². The fourth-order valence-electron chi connectivity index (χ4n) is 0.932. The fourth-order valence-corrected chi connectivity index (χ4v) is 0.932. The third-order valence-electron chi connectivity index (χ3n) is 1.55. The lowest BCUT2D eigenvalue weighted by molar-refractivity contribution is -0.131. The van der Waals surface area contributed by atoms with Crippen molar-refractivity contribution in [3.8, 4) is 5.75 Å². The van der Waals surface area contributed by atoms with Gasteiger partial charge in [0.05, 0.1) is 6.20 Å². The summed E-state index contributed by atoms with van der Waals surface area (Å²) >= 11 is 0. The van der Waals surface area contributed by atoms with Crippen LogP contribution in [0.4, 0.5) is 0 Å². The number of hydrogen-bond acceptors (Lipinski definition) is 4. The Morgan fingerprint density at radius 3 is 3.13 bits per heavy atom. The summed E-state index contributed by atoms with van der Waals surface area (Å²) in [6.45, 7) is 0.0968. The molecule has 5 nitrogen and oxygen atoms in total. The first-order chi connectivity index (χ1) is 7.24. The number of ether oxygens (including phenoxy) is 2. The Kier molecular flexibility index (Phi) is 4.30. The lowest BCUT2D eigenvalue weighted by atomic mass is 10.2. The molecule has 0 fully saturated rings. The van der Waals surface area contributed by atoms with Gasteiger partial charge in [0, 0.05) is 24.9 Å². The van der Waals surface area contributed by atoms with Crippen LogP contribution in [0.5, 0.6) is 5.75 Å². The molecule has 1 N–H and O–H groups in total. The molecule has 1 heterocycles. The molecule has 0 aliphatic carbocycles. The van der Waals surface area contributed by atoms with Gasteiger partial charge in [0.15, 0.2) is 6.79 Å². The van der Waals surface area contributed by atoms with Crippen molar-refractivity contribution in [3.63, 3.8) is 0 Å². The zero-order valence-electron chi connectivity index (χ0n) is 8.21. The average Bonchev–Trinajstić information content (AvgIpc) is 2.24. The van der Waals surface area contributed by atoms with E-state index >= 15 is 0 Å². The molecule has 0 unspecified atom stereocenters. The largest absolute Gasteiger partial charge is 0.478 e. The predicted octanol–water partition coefficient (Wildman–Crippen LogP) is 1.16. The van der Waals surface area contributed by atoms with Gasteiger partial charge < -0.3 is 14.6 Å². The second kappa shape index (κ2) is 5.77. The molecular weight excluding hydrogens is 198 g/mol. The lowest BCUT2D eigenvalue weighted by Gasteiger charge is -2.06. The number of aromatic nitrogens is 1. The Hall–Kier alpha value is -1.88. The van der Waals surface area contributed by atoms with E-state index in [0.29, 0.717) is 11.3 Å². The SMILES string of the molecule is COCOc1cnccc1C=CC(=O)O. The second-order valence-electron chi connectivity index (χ2n) is 2.64. The first kappa shape index (κ1) is 11.2. The zero-order chi connectivity index (χ0) is 11.1. The minimum absolute atomic E-state index is 0.0968. The van der Waals surface area contributed by atoms with E-state index in [-0.39, 0.29) is 6.79 Å². The Morgan fingerprint density at radius 1 is 1.67 bits per heavy atom. The quantitative estimate of drug-likeness (QED) is 0.582. The van der Waals surface area contributed by atoms with Crippen LogP contribution in [0.1, 0.15) is 5.56 Å². The standard InChI is InChI=1S/C10H11NO4/c1-14-7-15-9-6-11-5-4-8(9)2-3-10(12)13/h2-6H,7H2,1H3,(H,12,13). The van der Waals surface area contributed by atoms with Crippen LogP contribution in [0.25, 0.3) is 6.08 Å². The summed E-state index contributed by atoms with van der Waals surface area (Å²) in [7, 11) is 1.50. The van der Waals surface area contributed by atoms with Crippen molar-refractivity contribution < 1.29 is 19.4 Å². The smallest absolute Gasteiger partial charge is 0.328 e. The number of carbonyl (C=O) groups is 1. The van der Waals surface area contributed by atoms with Crippen molar-refractivity contribution in [2.24, 2.45) is 0 Å². The van der Waals surface area contributed by atoms with Crippen LogP contribution in [-0.2, 0) is 9.53 Å². The molecule has 0 amide bonds. The van der Waals surface area contributed by atoms with E-state index in [2.05, 4.69) is 4.98 Å². The molecule has 0 bridgehead atoms. The number of carboxylic acids is 1. The minimum Gasteiger partial charge on any atom is -0.478 e. The van der Waals surface area contributed by atoms with E-state index in [1.54, 1.807) is 12.3 Å². The molecule has 0 saturated carbocycles. The molecule has 0 atom stereocenters. The van der Waals surface area contributed by atoms with Gasteiger partial charge >= 0.3 is 5.97 Å². The molecule has 0 aliphatic rings. The molecular formula is C10H11NO4. The maximum atomic E-state index is 10.3. The van der Waals surface area contributed by atoms with Gasteiger partial charge in [-0.2, -0.15) is 0 Å². The van der Waals surface area contributed by atoms with Gasteiger partial charge in [0.25, 0.3) is 0 Å². The Bertz CT molecular complexity index is 362. The van der Waals surface area contributed by atoms with Crippen molar-refractivity contribution in [1.82, 2.24) is 4.98 Å². The monoisotopic (exact) mass is 209 g/mol. The maximum Gasteiger partial charge on any atom is 0.328 e. The van der Waals surface area contributed by atoms with Gasteiger partial charge in [0.2, 0.25) is 0 Å². The summed E-state index contributed by atoms with van der Waals surface area (Å²) < 4.78 is 9.93. The van der Waals surface area contributed by atoms with Crippen molar-refractivity contribution in [1.29, 1.82) is 0 Å². The van der Waals surface area contributed by atoms with E-state index in [1.165, 1.54) is 19.4 Å². The summed E-state index contributed by atoms with van der Waals surface area (Å²) in [5.74, 6) is -0.527. The number of nitrogens with zero attached hydrogens (tertiary/aromatic N) is 1. The van der Waals surface area contributed by atoms with Crippen LogP contribution in [0, 0.1) is 0 Å². The van der Waals surface area contributed by atoms with E-state index in [1.807, 2.05) is 0 Å². The summed E-state index contributed by atoms with van der Waals surface area (Å²) in [5.41, 5.74) is 0.643. The number of methoxy groups -OCH3 is 1. The molecule has 1 rings (SSSR count). The van der Waals surface area contributed by atoms with Crippen molar-refractivity contribution in [3.05, 3.63) is 30.1 Å². The number of rotatable bonds is 5. The van der Waals surface area contributed by atoms with Gasteiger partial charge in [-0.3, -0.25) is 4.98 Å². The summed E-state index contributed by atoms with van der Waals surface area (Å²) in [6.07, 6.45) is 5.53. The third kappa shape index (κ3) is 3.78. The topological polar surface area (TPSA) is 68.7 Å².